The number of amides is 1. The monoisotopic (exact) mass is 294 g/mol. The van der Waals surface area contributed by atoms with Gasteiger partial charge in [-0.3, -0.25) is 4.79 Å². The zero-order chi connectivity index (χ0) is 15.2. The minimum absolute atomic E-state index is 0.259. The van der Waals surface area contributed by atoms with Crippen LogP contribution in [0.15, 0.2) is 12.1 Å². The summed E-state index contributed by atoms with van der Waals surface area (Å²) in [7, 11) is 1.72. The van der Waals surface area contributed by atoms with Crippen LogP contribution in [-0.4, -0.2) is 35.3 Å². The maximum atomic E-state index is 14.2. The van der Waals surface area contributed by atoms with Crippen LogP contribution in [-0.2, 0) is 4.79 Å². The molecule has 0 spiro atoms. The van der Waals surface area contributed by atoms with E-state index >= 15 is 0 Å². The summed E-state index contributed by atoms with van der Waals surface area (Å²) in [6.45, 7) is 0.346. The Kier molecular flexibility index (Phi) is 3.37. The van der Waals surface area contributed by atoms with Crippen molar-refractivity contribution in [1.82, 2.24) is 0 Å². The summed E-state index contributed by atoms with van der Waals surface area (Å²) in [5.74, 6) is -1.05. The number of anilines is 2. The zero-order valence-corrected chi connectivity index (χ0v) is 11.9. The first kappa shape index (κ1) is 14.3. The van der Waals surface area contributed by atoms with E-state index in [0.717, 1.165) is 25.7 Å². The molecule has 1 unspecified atom stereocenters. The molecule has 3 N–H and O–H groups in total. The number of halogens is 1. The lowest BCUT2D eigenvalue weighted by atomic mass is 10.0. The Hall–Kier alpha value is -1.66. The topological polar surface area (TPSA) is 72.8 Å². The van der Waals surface area contributed by atoms with E-state index in [2.05, 4.69) is 5.32 Å². The molecule has 114 valence electrons. The van der Waals surface area contributed by atoms with Crippen molar-refractivity contribution in [3.63, 3.8) is 0 Å². The molecule has 1 aliphatic heterocycles. The summed E-state index contributed by atoms with van der Waals surface area (Å²) in [5.41, 5.74) is 0.218. The summed E-state index contributed by atoms with van der Waals surface area (Å²) >= 11 is 0. The number of hydrogen-bond acceptors (Lipinski definition) is 4. The smallest absolute Gasteiger partial charge is 0.257 e. The van der Waals surface area contributed by atoms with E-state index in [1.807, 2.05) is 0 Å². The first-order valence-electron chi connectivity index (χ1n) is 7.15. The fourth-order valence-electron chi connectivity index (χ4n) is 3.26. The SMILES string of the molecule is CN(CC1(O)CCCC1)c1cc2c(cc1F)C(O)C(=O)N2. The number of aliphatic hydroxyl groups is 2. The number of carbonyl (C=O) groups is 1. The molecule has 0 bridgehead atoms. The maximum Gasteiger partial charge on any atom is 0.257 e. The highest BCUT2D eigenvalue weighted by Crippen LogP contribution is 2.37. The van der Waals surface area contributed by atoms with Gasteiger partial charge in [-0.05, 0) is 25.0 Å². The Morgan fingerprint density at radius 2 is 2.10 bits per heavy atom. The molecule has 6 heteroatoms. The summed E-state index contributed by atoms with van der Waals surface area (Å²) in [6, 6.07) is 2.69. The average molecular weight is 294 g/mol. The standard InChI is InChI=1S/C15H19FN2O3/c1-18(8-15(21)4-2-3-5-15)12-7-11-9(6-10(12)16)13(19)14(20)17-11/h6-7,13,19,21H,2-5,8H2,1H3,(H,17,20). The molecule has 1 amide bonds. The third kappa shape index (κ3) is 2.49. The van der Waals surface area contributed by atoms with Gasteiger partial charge in [0.05, 0.1) is 11.3 Å². The molecule has 3 rings (SSSR count). The molecular formula is C15H19FN2O3. The van der Waals surface area contributed by atoms with Gasteiger partial charge in [-0.15, -0.1) is 0 Å². The van der Waals surface area contributed by atoms with E-state index in [4.69, 9.17) is 0 Å². The minimum Gasteiger partial charge on any atom is -0.388 e. The number of nitrogens with zero attached hydrogens (tertiary/aromatic N) is 1. The average Bonchev–Trinajstić information content (AvgIpc) is 2.95. The Labute approximate surface area is 122 Å². The van der Waals surface area contributed by atoms with Crippen molar-refractivity contribution in [3.05, 3.63) is 23.5 Å². The van der Waals surface area contributed by atoms with Gasteiger partial charge in [0.25, 0.3) is 5.91 Å². The highest BCUT2D eigenvalue weighted by Gasteiger charge is 2.34. The molecule has 1 atom stereocenters. The Bertz CT molecular complexity index is 585. The van der Waals surface area contributed by atoms with Gasteiger partial charge in [-0.2, -0.15) is 0 Å². The van der Waals surface area contributed by atoms with Crippen LogP contribution in [0.25, 0.3) is 0 Å². The molecule has 2 aliphatic rings. The van der Waals surface area contributed by atoms with Crippen LogP contribution in [0, 0.1) is 5.82 Å². The van der Waals surface area contributed by atoms with Gasteiger partial charge < -0.3 is 20.4 Å². The molecule has 1 fully saturated rings. The zero-order valence-electron chi connectivity index (χ0n) is 11.9. The van der Waals surface area contributed by atoms with Gasteiger partial charge >= 0.3 is 0 Å². The van der Waals surface area contributed by atoms with Crippen LogP contribution in [0.3, 0.4) is 0 Å². The van der Waals surface area contributed by atoms with Gasteiger partial charge in [0.15, 0.2) is 6.10 Å². The Balaban J connectivity index is 1.86. The third-order valence-electron chi connectivity index (χ3n) is 4.40. The Morgan fingerprint density at radius 1 is 1.43 bits per heavy atom. The quantitative estimate of drug-likeness (QED) is 0.791. The van der Waals surface area contributed by atoms with E-state index in [1.165, 1.54) is 12.1 Å². The molecule has 1 heterocycles. The largest absolute Gasteiger partial charge is 0.388 e. The van der Waals surface area contributed by atoms with Gasteiger partial charge in [0.1, 0.15) is 5.82 Å². The molecule has 1 aromatic carbocycles. The van der Waals surface area contributed by atoms with Crippen molar-refractivity contribution in [3.8, 4) is 0 Å². The molecule has 1 saturated carbocycles. The number of hydrogen-bond donors (Lipinski definition) is 3. The van der Waals surface area contributed by atoms with Crippen LogP contribution in [0.5, 0.6) is 0 Å². The molecular weight excluding hydrogens is 275 g/mol. The highest BCUT2D eigenvalue weighted by atomic mass is 19.1. The van der Waals surface area contributed by atoms with Gasteiger partial charge in [-0.25, -0.2) is 4.39 Å². The Morgan fingerprint density at radius 3 is 2.76 bits per heavy atom. The van der Waals surface area contributed by atoms with Crippen molar-refractivity contribution in [1.29, 1.82) is 0 Å². The second-order valence-electron chi connectivity index (χ2n) is 6.07. The highest BCUT2D eigenvalue weighted by molar-refractivity contribution is 6.02. The number of rotatable bonds is 3. The fraction of sp³-hybridized carbons (Fsp3) is 0.533. The number of aliphatic hydroxyl groups excluding tert-OH is 1. The predicted molar refractivity (Wildman–Crippen MR) is 76.7 cm³/mol. The van der Waals surface area contributed by atoms with Crippen molar-refractivity contribution in [2.24, 2.45) is 0 Å². The molecule has 0 radical (unpaired) electrons. The van der Waals surface area contributed by atoms with Gasteiger partial charge in [-0.1, -0.05) is 12.8 Å². The van der Waals surface area contributed by atoms with Crippen molar-refractivity contribution >= 4 is 17.3 Å². The molecule has 21 heavy (non-hydrogen) atoms. The first-order chi connectivity index (χ1) is 9.89. The van der Waals surface area contributed by atoms with E-state index in [0.29, 0.717) is 17.9 Å². The van der Waals surface area contributed by atoms with Crippen LogP contribution in [0.1, 0.15) is 37.4 Å². The summed E-state index contributed by atoms with van der Waals surface area (Å²) < 4.78 is 14.2. The number of nitrogens with one attached hydrogen (secondary N) is 1. The lowest BCUT2D eigenvalue weighted by molar-refractivity contribution is -0.123. The van der Waals surface area contributed by atoms with E-state index in [9.17, 15) is 19.4 Å². The predicted octanol–water partition coefficient (Wildman–Crippen LogP) is 1.55. The number of carbonyl (C=O) groups excluding carboxylic acids is 1. The third-order valence-corrected chi connectivity index (χ3v) is 4.40. The molecule has 0 saturated heterocycles. The second kappa shape index (κ2) is 4.96. The lowest BCUT2D eigenvalue weighted by Gasteiger charge is -2.30. The number of likely N-dealkylation sites (N-methyl/N-ethyl adjacent to an activating group) is 1. The van der Waals surface area contributed by atoms with Gasteiger partial charge in [0, 0.05) is 24.8 Å². The maximum absolute atomic E-state index is 14.2. The fourth-order valence-corrected chi connectivity index (χ4v) is 3.26. The minimum atomic E-state index is -1.31. The second-order valence-corrected chi connectivity index (χ2v) is 6.07. The van der Waals surface area contributed by atoms with Crippen LogP contribution < -0.4 is 10.2 Å². The summed E-state index contributed by atoms with van der Waals surface area (Å²) in [4.78, 5) is 13.1. The normalized spacial score (nSPS) is 23.0. The lowest BCUT2D eigenvalue weighted by Crippen LogP contribution is -2.39. The molecule has 1 aromatic rings. The number of benzene rings is 1. The van der Waals surface area contributed by atoms with Crippen molar-refractivity contribution < 1.29 is 19.4 Å². The first-order valence-corrected chi connectivity index (χ1v) is 7.15. The summed E-state index contributed by atoms with van der Waals surface area (Å²) in [5, 5.41) is 22.6. The van der Waals surface area contributed by atoms with E-state index < -0.39 is 23.4 Å². The van der Waals surface area contributed by atoms with Crippen LogP contribution in [0.2, 0.25) is 0 Å². The molecule has 1 aliphatic carbocycles. The molecule has 5 nitrogen and oxygen atoms in total. The summed E-state index contributed by atoms with van der Waals surface area (Å²) in [6.07, 6.45) is 2.10. The van der Waals surface area contributed by atoms with E-state index in [-0.39, 0.29) is 5.56 Å². The van der Waals surface area contributed by atoms with Crippen LogP contribution in [0.4, 0.5) is 15.8 Å². The van der Waals surface area contributed by atoms with Gasteiger partial charge in [0.2, 0.25) is 0 Å². The van der Waals surface area contributed by atoms with Crippen molar-refractivity contribution in [2.45, 2.75) is 37.4 Å². The van der Waals surface area contributed by atoms with Crippen LogP contribution >= 0.6 is 0 Å². The number of fused-ring (bicyclic) bond motifs is 1. The van der Waals surface area contributed by atoms with Crippen molar-refractivity contribution in [2.75, 3.05) is 23.8 Å². The molecule has 0 aromatic heterocycles. The van der Waals surface area contributed by atoms with E-state index in [1.54, 1.807) is 11.9 Å².